The van der Waals surface area contributed by atoms with Gasteiger partial charge in [-0.05, 0) is 47.4 Å². The van der Waals surface area contributed by atoms with E-state index in [2.05, 4.69) is 5.32 Å². The van der Waals surface area contributed by atoms with Crippen molar-refractivity contribution in [3.8, 4) is 0 Å². The van der Waals surface area contributed by atoms with E-state index < -0.39 is 28.5 Å². The molecule has 9 heteroatoms. The predicted octanol–water partition coefficient (Wildman–Crippen LogP) is 5.48. The molecular formula is C33H34ClN3O4S. The molecule has 0 heterocycles. The Bertz CT molecular complexity index is 1610. The van der Waals surface area contributed by atoms with Gasteiger partial charge in [-0.3, -0.25) is 13.9 Å². The van der Waals surface area contributed by atoms with E-state index in [-0.39, 0.29) is 23.8 Å². The van der Waals surface area contributed by atoms with Crippen LogP contribution in [0.3, 0.4) is 0 Å². The van der Waals surface area contributed by atoms with Crippen LogP contribution in [-0.4, -0.2) is 44.8 Å². The topological polar surface area (TPSA) is 86.8 Å². The fourth-order valence-corrected chi connectivity index (χ4v) is 6.49. The van der Waals surface area contributed by atoms with E-state index >= 15 is 0 Å². The zero-order chi connectivity index (χ0) is 30.1. The third-order valence-electron chi connectivity index (χ3n) is 7.07. The molecule has 0 bridgehead atoms. The molecule has 0 aliphatic carbocycles. The normalized spacial score (nSPS) is 11.9. The third-order valence-corrected chi connectivity index (χ3v) is 9.21. The summed E-state index contributed by atoms with van der Waals surface area (Å²) in [7, 11) is -2.63. The summed E-state index contributed by atoms with van der Waals surface area (Å²) in [6.07, 6.45) is 0.789. The predicted molar refractivity (Wildman–Crippen MR) is 167 cm³/mol. The first kappa shape index (κ1) is 30.8. The molecule has 0 radical (unpaired) electrons. The maximum Gasteiger partial charge on any atom is 0.264 e. The van der Waals surface area contributed by atoms with Crippen LogP contribution in [0.4, 0.5) is 5.69 Å². The summed E-state index contributed by atoms with van der Waals surface area (Å²) in [5.74, 6) is -0.907. The third kappa shape index (κ3) is 7.19. The Balaban J connectivity index is 1.82. The van der Waals surface area contributed by atoms with Crippen molar-refractivity contribution in [3.63, 3.8) is 0 Å². The SMILES string of the molecule is CCc1ccccc1N(CC(=O)N(Cc1ccccc1Cl)[C@H](Cc1ccccc1)C(=O)NC)S(=O)(=O)c1ccccc1. The lowest BCUT2D eigenvalue weighted by Crippen LogP contribution is -2.53. The zero-order valence-corrected chi connectivity index (χ0v) is 25.2. The van der Waals surface area contributed by atoms with Crippen molar-refractivity contribution in [1.29, 1.82) is 0 Å². The molecule has 0 aliphatic rings. The number of rotatable bonds is 12. The van der Waals surface area contributed by atoms with Crippen molar-refractivity contribution in [1.82, 2.24) is 10.2 Å². The molecule has 0 aromatic heterocycles. The summed E-state index contributed by atoms with van der Waals surface area (Å²) in [4.78, 5) is 29.2. The molecule has 7 nitrogen and oxygen atoms in total. The number of carbonyl (C=O) groups is 2. The van der Waals surface area contributed by atoms with Gasteiger partial charge in [-0.15, -0.1) is 0 Å². The molecule has 0 spiro atoms. The minimum absolute atomic E-state index is 0.0120. The van der Waals surface area contributed by atoms with Crippen LogP contribution in [0.2, 0.25) is 5.02 Å². The number of aryl methyl sites for hydroxylation is 1. The molecule has 2 amide bonds. The lowest BCUT2D eigenvalue weighted by molar-refractivity contribution is -0.139. The van der Waals surface area contributed by atoms with Gasteiger partial charge in [0.05, 0.1) is 10.6 Å². The number of likely N-dealkylation sites (N-methyl/N-ethyl adjacent to an activating group) is 1. The Morgan fingerprint density at radius 2 is 1.38 bits per heavy atom. The minimum atomic E-state index is -4.15. The van der Waals surface area contributed by atoms with Crippen molar-refractivity contribution in [2.24, 2.45) is 0 Å². The second kappa shape index (κ2) is 14.2. The summed E-state index contributed by atoms with van der Waals surface area (Å²) in [5.41, 5.74) is 2.68. The zero-order valence-electron chi connectivity index (χ0n) is 23.6. The van der Waals surface area contributed by atoms with Crippen molar-refractivity contribution >= 4 is 39.1 Å². The first-order valence-corrected chi connectivity index (χ1v) is 15.5. The molecule has 0 saturated carbocycles. The van der Waals surface area contributed by atoms with Crippen LogP contribution in [0.15, 0.2) is 114 Å². The number of hydrogen-bond donors (Lipinski definition) is 1. The fourth-order valence-electron chi connectivity index (χ4n) is 4.82. The van der Waals surface area contributed by atoms with Gasteiger partial charge in [0.2, 0.25) is 11.8 Å². The molecule has 0 saturated heterocycles. The van der Waals surface area contributed by atoms with Crippen LogP contribution in [0.1, 0.15) is 23.6 Å². The van der Waals surface area contributed by atoms with E-state index in [0.29, 0.717) is 22.7 Å². The standard InChI is InChI=1S/C33H34ClN3O4S/c1-3-26-16-11-13-21-30(26)37(42(40,41)28-18-8-5-9-19-28)24-32(38)36(23-27-17-10-12-20-29(27)34)31(33(39)35-2)22-25-14-6-4-7-15-25/h4-21,31H,3,22-24H2,1-2H3,(H,35,39)/t31-/m1/s1. The molecule has 0 unspecified atom stereocenters. The molecule has 4 aromatic carbocycles. The molecule has 42 heavy (non-hydrogen) atoms. The Labute approximate surface area is 252 Å². The van der Waals surface area contributed by atoms with E-state index in [1.165, 1.54) is 24.1 Å². The van der Waals surface area contributed by atoms with Crippen molar-refractivity contribution in [2.45, 2.75) is 37.2 Å². The van der Waals surface area contributed by atoms with E-state index in [0.717, 1.165) is 15.4 Å². The van der Waals surface area contributed by atoms with Crippen LogP contribution in [0.5, 0.6) is 0 Å². The average molecular weight is 604 g/mol. The number of amides is 2. The summed E-state index contributed by atoms with van der Waals surface area (Å²) in [5, 5.41) is 3.12. The molecule has 0 aliphatic heterocycles. The van der Waals surface area contributed by atoms with E-state index in [1.54, 1.807) is 54.6 Å². The number of carbonyl (C=O) groups excluding carboxylic acids is 2. The van der Waals surface area contributed by atoms with Gasteiger partial charge in [-0.25, -0.2) is 8.42 Å². The van der Waals surface area contributed by atoms with Crippen LogP contribution < -0.4 is 9.62 Å². The molecule has 1 atom stereocenters. The molecular weight excluding hydrogens is 570 g/mol. The number of para-hydroxylation sites is 1. The molecule has 4 aromatic rings. The number of hydrogen-bond acceptors (Lipinski definition) is 4. The lowest BCUT2D eigenvalue weighted by Gasteiger charge is -2.34. The Kier molecular flexibility index (Phi) is 10.4. The minimum Gasteiger partial charge on any atom is -0.357 e. The Hall–Kier alpha value is -4.14. The highest BCUT2D eigenvalue weighted by Crippen LogP contribution is 2.29. The smallest absolute Gasteiger partial charge is 0.264 e. The molecule has 0 fully saturated rings. The summed E-state index contributed by atoms with van der Waals surface area (Å²) >= 11 is 6.50. The molecule has 4 rings (SSSR count). The highest BCUT2D eigenvalue weighted by Gasteiger charge is 2.35. The lowest BCUT2D eigenvalue weighted by atomic mass is 10.0. The van der Waals surface area contributed by atoms with Crippen LogP contribution in [0.25, 0.3) is 0 Å². The average Bonchev–Trinajstić information content (AvgIpc) is 3.02. The number of benzene rings is 4. The number of nitrogens with zero attached hydrogens (tertiary/aromatic N) is 2. The number of halogens is 1. The van der Waals surface area contributed by atoms with Gasteiger partial charge in [0.25, 0.3) is 10.0 Å². The van der Waals surface area contributed by atoms with Crippen LogP contribution in [0, 0.1) is 0 Å². The summed E-state index contributed by atoms with van der Waals surface area (Å²) < 4.78 is 29.3. The fraction of sp³-hybridized carbons (Fsp3) is 0.212. The number of nitrogens with one attached hydrogen (secondary N) is 1. The summed E-state index contributed by atoms with van der Waals surface area (Å²) in [6, 6.07) is 30.7. The maximum absolute atomic E-state index is 14.4. The first-order valence-electron chi connectivity index (χ1n) is 13.7. The van der Waals surface area contributed by atoms with Gasteiger partial charge >= 0.3 is 0 Å². The Morgan fingerprint density at radius 1 is 0.810 bits per heavy atom. The van der Waals surface area contributed by atoms with Crippen molar-refractivity contribution in [3.05, 3.63) is 131 Å². The van der Waals surface area contributed by atoms with Crippen molar-refractivity contribution < 1.29 is 18.0 Å². The largest absolute Gasteiger partial charge is 0.357 e. The van der Waals surface area contributed by atoms with Gasteiger partial charge < -0.3 is 10.2 Å². The molecule has 218 valence electrons. The highest BCUT2D eigenvalue weighted by molar-refractivity contribution is 7.92. The molecule has 1 N–H and O–H groups in total. The van der Waals surface area contributed by atoms with Gasteiger partial charge in [-0.2, -0.15) is 0 Å². The Morgan fingerprint density at radius 3 is 2.00 bits per heavy atom. The number of anilines is 1. The van der Waals surface area contributed by atoms with Crippen molar-refractivity contribution in [2.75, 3.05) is 17.9 Å². The second-order valence-electron chi connectivity index (χ2n) is 9.74. The quantitative estimate of drug-likeness (QED) is 0.232. The van der Waals surface area contributed by atoms with E-state index in [9.17, 15) is 18.0 Å². The van der Waals surface area contributed by atoms with E-state index in [4.69, 9.17) is 11.6 Å². The van der Waals surface area contributed by atoms with Gasteiger partial charge in [0.15, 0.2) is 0 Å². The summed E-state index contributed by atoms with van der Waals surface area (Å²) in [6.45, 7) is 1.43. The highest BCUT2D eigenvalue weighted by atomic mass is 35.5. The number of sulfonamides is 1. The van der Waals surface area contributed by atoms with E-state index in [1.807, 2.05) is 49.4 Å². The first-order chi connectivity index (χ1) is 20.3. The van der Waals surface area contributed by atoms with Gasteiger partial charge in [0.1, 0.15) is 12.6 Å². The van der Waals surface area contributed by atoms with Gasteiger partial charge in [-0.1, -0.05) is 103 Å². The van der Waals surface area contributed by atoms with Gasteiger partial charge in [0, 0.05) is 25.0 Å². The second-order valence-corrected chi connectivity index (χ2v) is 12.0. The van der Waals surface area contributed by atoms with Crippen LogP contribution >= 0.6 is 11.6 Å². The maximum atomic E-state index is 14.4. The monoisotopic (exact) mass is 603 g/mol. The van der Waals surface area contributed by atoms with Crippen LogP contribution in [-0.2, 0) is 39.0 Å².